The molecule has 1 atom stereocenters. The molecule has 17 heavy (non-hydrogen) atoms. The van der Waals surface area contributed by atoms with Gasteiger partial charge in [0.05, 0.1) is 7.11 Å². The minimum atomic E-state index is 0.549. The van der Waals surface area contributed by atoms with Crippen LogP contribution < -0.4 is 10.1 Å². The Balaban J connectivity index is 2.13. The van der Waals surface area contributed by atoms with Crippen LogP contribution in [0.3, 0.4) is 0 Å². The van der Waals surface area contributed by atoms with Crippen LogP contribution in [0.15, 0.2) is 18.2 Å². The Morgan fingerprint density at radius 2 is 2.35 bits per heavy atom. The van der Waals surface area contributed by atoms with Gasteiger partial charge in [0, 0.05) is 42.8 Å². The maximum absolute atomic E-state index is 6.04. The molecule has 0 unspecified atom stereocenters. The first kappa shape index (κ1) is 12.7. The minimum absolute atomic E-state index is 0.549. The second-order valence-corrected chi connectivity index (χ2v) is 4.92. The first-order valence-corrected chi connectivity index (χ1v) is 6.35. The third kappa shape index (κ3) is 3.12. The molecule has 0 aromatic heterocycles. The van der Waals surface area contributed by atoms with Crippen molar-refractivity contribution in [2.45, 2.75) is 19.5 Å². The second kappa shape index (κ2) is 5.71. The molecular formula is C13H19ClN2O. The molecular weight excluding hydrogens is 236 g/mol. The third-order valence-corrected chi connectivity index (χ3v) is 3.49. The summed E-state index contributed by atoms with van der Waals surface area (Å²) >= 11 is 6.04. The first-order chi connectivity index (χ1) is 8.20. The summed E-state index contributed by atoms with van der Waals surface area (Å²) in [6.45, 7) is 6.29. The van der Waals surface area contributed by atoms with Gasteiger partial charge in [-0.05, 0) is 25.1 Å². The molecule has 1 aliphatic heterocycles. The lowest BCUT2D eigenvalue weighted by Crippen LogP contribution is -2.49. The van der Waals surface area contributed by atoms with Gasteiger partial charge in [0.25, 0.3) is 0 Å². The average molecular weight is 255 g/mol. The molecule has 1 saturated heterocycles. The molecule has 0 aliphatic carbocycles. The van der Waals surface area contributed by atoms with E-state index in [2.05, 4.69) is 17.1 Å². The highest BCUT2D eigenvalue weighted by atomic mass is 35.5. The van der Waals surface area contributed by atoms with Crippen molar-refractivity contribution >= 4 is 11.6 Å². The topological polar surface area (TPSA) is 24.5 Å². The number of hydrogen-bond acceptors (Lipinski definition) is 3. The van der Waals surface area contributed by atoms with Gasteiger partial charge in [-0.1, -0.05) is 11.6 Å². The van der Waals surface area contributed by atoms with E-state index in [0.29, 0.717) is 6.04 Å². The van der Waals surface area contributed by atoms with Gasteiger partial charge in [-0.25, -0.2) is 0 Å². The maximum atomic E-state index is 6.04. The van der Waals surface area contributed by atoms with Crippen LogP contribution in [-0.2, 0) is 6.54 Å². The van der Waals surface area contributed by atoms with E-state index in [9.17, 15) is 0 Å². The lowest BCUT2D eigenvalue weighted by Gasteiger charge is -2.34. The van der Waals surface area contributed by atoms with Crippen LogP contribution in [0.1, 0.15) is 12.5 Å². The summed E-state index contributed by atoms with van der Waals surface area (Å²) in [6, 6.07) is 6.34. The minimum Gasteiger partial charge on any atom is -0.496 e. The Hall–Kier alpha value is -0.770. The summed E-state index contributed by atoms with van der Waals surface area (Å²) in [5.74, 6) is 0.917. The molecule has 0 amide bonds. The van der Waals surface area contributed by atoms with Crippen molar-refractivity contribution < 1.29 is 4.74 Å². The number of nitrogens with one attached hydrogen (secondary N) is 1. The monoisotopic (exact) mass is 254 g/mol. The van der Waals surface area contributed by atoms with Gasteiger partial charge in [0.1, 0.15) is 5.75 Å². The molecule has 94 valence electrons. The molecule has 0 spiro atoms. The van der Waals surface area contributed by atoms with Gasteiger partial charge in [-0.15, -0.1) is 0 Å². The number of halogens is 1. The molecule has 1 N–H and O–H groups in total. The van der Waals surface area contributed by atoms with Crippen molar-refractivity contribution in [2.75, 3.05) is 26.7 Å². The van der Waals surface area contributed by atoms with Gasteiger partial charge < -0.3 is 10.1 Å². The molecule has 0 radical (unpaired) electrons. The molecule has 1 aliphatic rings. The molecule has 1 aromatic carbocycles. The van der Waals surface area contributed by atoms with Crippen molar-refractivity contribution in [1.82, 2.24) is 10.2 Å². The average Bonchev–Trinajstić information content (AvgIpc) is 2.32. The zero-order valence-corrected chi connectivity index (χ0v) is 11.1. The lowest BCUT2D eigenvalue weighted by molar-refractivity contribution is 0.164. The van der Waals surface area contributed by atoms with Crippen molar-refractivity contribution in [1.29, 1.82) is 0 Å². The van der Waals surface area contributed by atoms with Crippen molar-refractivity contribution in [3.63, 3.8) is 0 Å². The van der Waals surface area contributed by atoms with E-state index in [0.717, 1.165) is 42.5 Å². The summed E-state index contributed by atoms with van der Waals surface area (Å²) in [4.78, 5) is 2.45. The Labute approximate surface area is 108 Å². The van der Waals surface area contributed by atoms with Gasteiger partial charge >= 0.3 is 0 Å². The lowest BCUT2D eigenvalue weighted by atomic mass is 10.1. The Kier molecular flexibility index (Phi) is 4.26. The number of benzene rings is 1. The predicted octanol–water partition coefficient (Wildman–Crippen LogP) is 2.14. The van der Waals surface area contributed by atoms with Crippen LogP contribution in [0.5, 0.6) is 5.75 Å². The summed E-state index contributed by atoms with van der Waals surface area (Å²) in [6.07, 6.45) is 0. The Morgan fingerprint density at radius 3 is 3.06 bits per heavy atom. The van der Waals surface area contributed by atoms with Crippen LogP contribution in [0.4, 0.5) is 0 Å². The summed E-state index contributed by atoms with van der Waals surface area (Å²) in [5.41, 5.74) is 1.16. The van der Waals surface area contributed by atoms with Crippen molar-refractivity contribution in [3.8, 4) is 5.75 Å². The van der Waals surface area contributed by atoms with E-state index in [4.69, 9.17) is 16.3 Å². The predicted molar refractivity (Wildman–Crippen MR) is 70.7 cm³/mol. The third-order valence-electron chi connectivity index (χ3n) is 3.25. The van der Waals surface area contributed by atoms with Crippen LogP contribution in [0, 0.1) is 0 Å². The SMILES string of the molecule is COc1ccc(Cl)cc1CN1CCNC[C@H]1C. The Morgan fingerprint density at radius 1 is 1.53 bits per heavy atom. The standard InChI is InChI=1S/C13H19ClN2O/c1-10-8-15-5-6-16(10)9-11-7-12(14)3-4-13(11)17-2/h3-4,7,10,15H,5-6,8-9H2,1-2H3/t10-/m1/s1. The van der Waals surface area contributed by atoms with Crippen LogP contribution in [0.25, 0.3) is 0 Å². The van der Waals surface area contributed by atoms with Crippen LogP contribution >= 0.6 is 11.6 Å². The summed E-state index contributed by atoms with van der Waals surface area (Å²) in [5, 5.41) is 4.16. The quantitative estimate of drug-likeness (QED) is 0.895. The fourth-order valence-corrected chi connectivity index (χ4v) is 2.40. The number of nitrogens with zero attached hydrogens (tertiary/aromatic N) is 1. The van der Waals surface area contributed by atoms with Gasteiger partial charge in [0.15, 0.2) is 0 Å². The molecule has 1 heterocycles. The summed E-state index contributed by atoms with van der Waals surface area (Å²) < 4.78 is 5.38. The normalized spacial score (nSPS) is 21.5. The first-order valence-electron chi connectivity index (χ1n) is 5.98. The zero-order valence-electron chi connectivity index (χ0n) is 10.4. The van der Waals surface area contributed by atoms with E-state index in [1.54, 1.807) is 7.11 Å². The molecule has 1 aromatic rings. The fraction of sp³-hybridized carbons (Fsp3) is 0.538. The Bertz CT molecular complexity index is 384. The van der Waals surface area contributed by atoms with Crippen LogP contribution in [-0.4, -0.2) is 37.7 Å². The van der Waals surface area contributed by atoms with E-state index < -0.39 is 0 Å². The van der Waals surface area contributed by atoms with Gasteiger partial charge in [-0.3, -0.25) is 4.90 Å². The molecule has 0 bridgehead atoms. The molecule has 1 fully saturated rings. The number of rotatable bonds is 3. The van der Waals surface area contributed by atoms with E-state index in [1.165, 1.54) is 0 Å². The fourth-order valence-electron chi connectivity index (χ4n) is 2.21. The molecule has 4 heteroatoms. The highest BCUT2D eigenvalue weighted by Gasteiger charge is 2.19. The van der Waals surface area contributed by atoms with Crippen molar-refractivity contribution in [2.24, 2.45) is 0 Å². The van der Waals surface area contributed by atoms with Crippen molar-refractivity contribution in [3.05, 3.63) is 28.8 Å². The molecule has 2 rings (SSSR count). The zero-order chi connectivity index (χ0) is 12.3. The second-order valence-electron chi connectivity index (χ2n) is 4.48. The summed E-state index contributed by atoms with van der Waals surface area (Å²) in [7, 11) is 1.70. The highest BCUT2D eigenvalue weighted by Crippen LogP contribution is 2.24. The largest absolute Gasteiger partial charge is 0.496 e. The highest BCUT2D eigenvalue weighted by molar-refractivity contribution is 6.30. The number of piperazine rings is 1. The van der Waals surface area contributed by atoms with E-state index >= 15 is 0 Å². The molecule has 0 saturated carbocycles. The number of ether oxygens (including phenoxy) is 1. The molecule has 3 nitrogen and oxygen atoms in total. The maximum Gasteiger partial charge on any atom is 0.123 e. The van der Waals surface area contributed by atoms with E-state index in [1.807, 2.05) is 18.2 Å². The van der Waals surface area contributed by atoms with Crippen LogP contribution in [0.2, 0.25) is 5.02 Å². The van der Waals surface area contributed by atoms with Gasteiger partial charge in [-0.2, -0.15) is 0 Å². The van der Waals surface area contributed by atoms with E-state index in [-0.39, 0.29) is 0 Å². The van der Waals surface area contributed by atoms with Gasteiger partial charge in [0.2, 0.25) is 0 Å². The number of hydrogen-bond donors (Lipinski definition) is 1. The number of methoxy groups -OCH3 is 1. The smallest absolute Gasteiger partial charge is 0.123 e.